The minimum Gasteiger partial charge on any atom is -0.671 e. The van der Waals surface area contributed by atoms with E-state index in [0.29, 0.717) is 0 Å². The molecule has 0 saturated heterocycles. The number of amides is 2. The summed E-state index contributed by atoms with van der Waals surface area (Å²) >= 11 is 0. The van der Waals surface area contributed by atoms with E-state index in [1.165, 1.54) is 0 Å². The topological polar surface area (TPSA) is 81.7 Å². The van der Waals surface area contributed by atoms with Crippen molar-refractivity contribution in [3.05, 3.63) is 39.2 Å². The van der Waals surface area contributed by atoms with Crippen LogP contribution >= 0.6 is 0 Å². The first-order chi connectivity index (χ1) is 6.83. The number of hydrogen-bond donors (Lipinski definition) is 0. The molecular formula is C10H24HfN2O2-6. The van der Waals surface area contributed by atoms with E-state index < -0.39 is 0 Å². The smallest absolute Gasteiger partial charge is 0.0344 e. The zero-order valence-electron chi connectivity index (χ0n) is 10.3. The molecule has 0 spiro atoms. The minimum atomic E-state index is 0. The normalized spacial score (nSPS) is 3.20. The van der Waals surface area contributed by atoms with Crippen LogP contribution in [0.15, 0.2) is 0 Å². The molecule has 2 N–H and O–H groups in total. The molecular weight excluding hydrogens is 359 g/mol. The van der Waals surface area contributed by atoms with Crippen molar-refractivity contribution >= 4 is 12.8 Å². The third kappa shape index (κ3) is 53400. The molecule has 96 valence electrons. The summed E-state index contributed by atoms with van der Waals surface area (Å²) in [5.74, 6) is 0. The molecule has 0 aromatic rings. The van der Waals surface area contributed by atoms with Gasteiger partial charge in [-0.3, -0.25) is 0 Å². The van der Waals surface area contributed by atoms with Crippen LogP contribution in [0.1, 0.15) is 27.7 Å². The van der Waals surface area contributed by atoms with E-state index in [0.717, 1.165) is 0 Å². The van der Waals surface area contributed by atoms with E-state index >= 15 is 0 Å². The Labute approximate surface area is 115 Å². The maximum atomic E-state index is 8.47. The standard InChI is InChI=1S/4C2H5.2CH3NO.Hf/c4*1-2;2*2-1-3;/h4*1H2,2H3;2*1H,(H2,2,3);/q4*-1;;;/p-2. The monoisotopic (exact) mass is 384 g/mol. The number of carbonyl (C=O) groups is 2. The first-order valence-electron chi connectivity index (χ1n) is 3.88. The second-order valence-corrected chi connectivity index (χ2v) is 0.236. The molecule has 0 aliphatic carbocycles. The summed E-state index contributed by atoms with van der Waals surface area (Å²) < 4.78 is 0. The van der Waals surface area contributed by atoms with Crippen LogP contribution in [-0.4, -0.2) is 12.8 Å². The Kier molecular flexibility index (Phi) is 2140. The van der Waals surface area contributed by atoms with E-state index in [4.69, 9.17) is 21.1 Å². The maximum absolute atomic E-state index is 8.47. The molecule has 0 aromatic carbocycles. The van der Waals surface area contributed by atoms with Crippen LogP contribution in [0.5, 0.6) is 0 Å². The fourth-order valence-electron chi connectivity index (χ4n) is 0. The minimum absolute atomic E-state index is 0. The zero-order chi connectivity index (χ0) is 13.4. The van der Waals surface area contributed by atoms with E-state index in [2.05, 4.69) is 27.7 Å². The average Bonchev–Trinajstić information content (AvgIpc) is 2.31. The molecule has 2 amide bonds. The van der Waals surface area contributed by atoms with Crippen LogP contribution in [0.4, 0.5) is 0 Å². The Hall–Kier alpha value is -0.190. The van der Waals surface area contributed by atoms with Crippen LogP contribution in [0.25, 0.3) is 11.5 Å². The van der Waals surface area contributed by atoms with Crippen molar-refractivity contribution in [3.63, 3.8) is 0 Å². The van der Waals surface area contributed by atoms with E-state index in [1.54, 1.807) is 27.7 Å². The Morgan fingerprint density at radius 2 is 0.667 bits per heavy atom. The molecule has 15 heavy (non-hydrogen) atoms. The largest absolute Gasteiger partial charge is 0.671 e. The summed E-state index contributed by atoms with van der Waals surface area (Å²) in [5.41, 5.74) is 11.1. The fraction of sp³-hybridized carbons (Fsp3) is 0.400. The summed E-state index contributed by atoms with van der Waals surface area (Å²) in [7, 11) is 0. The SMILES string of the molecule is [CH2-]C.[CH2-]C.[CH2-]C.[CH2-]C.[Hf].[NH-]C=O.[NH-]C=O. The van der Waals surface area contributed by atoms with Gasteiger partial charge in [-0.15, -0.1) is 0 Å². The van der Waals surface area contributed by atoms with E-state index in [1.807, 2.05) is 0 Å². The van der Waals surface area contributed by atoms with E-state index in [9.17, 15) is 0 Å². The molecule has 0 unspecified atom stereocenters. The van der Waals surface area contributed by atoms with Crippen molar-refractivity contribution in [2.24, 2.45) is 0 Å². The average molecular weight is 383 g/mol. The predicted molar refractivity (Wildman–Crippen MR) is 64.9 cm³/mol. The van der Waals surface area contributed by atoms with Gasteiger partial charge in [0.05, 0.1) is 0 Å². The van der Waals surface area contributed by atoms with Crippen LogP contribution in [-0.2, 0) is 35.4 Å². The van der Waals surface area contributed by atoms with Crippen molar-refractivity contribution in [3.8, 4) is 0 Å². The van der Waals surface area contributed by atoms with Gasteiger partial charge in [0.15, 0.2) is 0 Å². The number of carbonyl (C=O) groups excluding carboxylic acids is 2. The van der Waals surface area contributed by atoms with Crippen molar-refractivity contribution in [1.82, 2.24) is 0 Å². The molecule has 0 aromatic heterocycles. The molecule has 0 atom stereocenters. The second-order valence-electron chi connectivity index (χ2n) is 0.236. The quantitative estimate of drug-likeness (QED) is 0.363. The first-order valence-corrected chi connectivity index (χ1v) is 3.88. The molecule has 0 aliphatic rings. The molecule has 0 fully saturated rings. The summed E-state index contributed by atoms with van der Waals surface area (Å²) in [6.07, 6.45) is 0. The van der Waals surface area contributed by atoms with Crippen LogP contribution < -0.4 is 0 Å². The molecule has 0 bridgehead atoms. The number of nitrogens with one attached hydrogen (secondary N) is 2. The molecule has 5 heteroatoms. The Balaban J connectivity index is -0.0000000103. The van der Waals surface area contributed by atoms with Crippen LogP contribution in [0, 0.1) is 27.7 Å². The zero-order valence-corrected chi connectivity index (χ0v) is 13.9. The number of hydrogen-bond acceptors (Lipinski definition) is 2. The molecule has 0 radical (unpaired) electrons. The van der Waals surface area contributed by atoms with Gasteiger partial charge in [-0.2, -0.15) is 27.7 Å². The van der Waals surface area contributed by atoms with Gasteiger partial charge in [0, 0.05) is 38.7 Å². The van der Waals surface area contributed by atoms with Gasteiger partial charge >= 0.3 is 0 Å². The summed E-state index contributed by atoms with van der Waals surface area (Å²) in [5, 5.41) is 0. The Bertz CT molecular complexity index is 42.4. The van der Waals surface area contributed by atoms with Crippen LogP contribution in [0.3, 0.4) is 0 Å². The first kappa shape index (κ1) is 46.3. The molecule has 4 nitrogen and oxygen atoms in total. The summed E-state index contributed by atoms with van der Waals surface area (Å²) in [6.45, 7) is 20.0. The molecule has 0 aliphatic heterocycles. The number of rotatable bonds is 0. The molecule has 0 saturated carbocycles. The third-order valence-electron chi connectivity index (χ3n) is 0. The van der Waals surface area contributed by atoms with Gasteiger partial charge in [0.1, 0.15) is 0 Å². The van der Waals surface area contributed by atoms with E-state index in [-0.39, 0.29) is 38.7 Å². The van der Waals surface area contributed by atoms with Gasteiger partial charge in [0.2, 0.25) is 0 Å². The van der Waals surface area contributed by atoms with Gasteiger partial charge in [0.25, 0.3) is 0 Å². The Morgan fingerprint density at radius 3 is 0.667 bits per heavy atom. The van der Waals surface area contributed by atoms with Gasteiger partial charge in [-0.05, 0) is 0 Å². The van der Waals surface area contributed by atoms with Crippen LogP contribution in [0.2, 0.25) is 0 Å². The second kappa shape index (κ2) is 692. The van der Waals surface area contributed by atoms with Crippen molar-refractivity contribution in [2.75, 3.05) is 0 Å². The summed E-state index contributed by atoms with van der Waals surface area (Å²) in [6, 6.07) is 0. The fourth-order valence-corrected chi connectivity index (χ4v) is 0. The van der Waals surface area contributed by atoms with Gasteiger partial charge in [-0.25, -0.2) is 0 Å². The third-order valence-corrected chi connectivity index (χ3v) is 0. The van der Waals surface area contributed by atoms with Gasteiger partial charge in [-0.1, -0.05) is 0 Å². The van der Waals surface area contributed by atoms with Crippen molar-refractivity contribution in [1.29, 1.82) is 0 Å². The molecule has 0 rings (SSSR count). The predicted octanol–water partition coefficient (Wildman–Crippen LogP) is 3.75. The summed E-state index contributed by atoms with van der Waals surface area (Å²) in [4.78, 5) is 16.9. The van der Waals surface area contributed by atoms with Crippen molar-refractivity contribution < 1.29 is 35.4 Å². The van der Waals surface area contributed by atoms with Crippen molar-refractivity contribution in [2.45, 2.75) is 27.7 Å². The Morgan fingerprint density at radius 1 is 0.667 bits per heavy atom. The molecule has 0 heterocycles. The van der Waals surface area contributed by atoms with Gasteiger partial charge < -0.3 is 48.8 Å². The maximum Gasteiger partial charge on any atom is 0.0344 e.